The van der Waals surface area contributed by atoms with Gasteiger partial charge in [0.25, 0.3) is 0 Å². The topological polar surface area (TPSA) is 52.0 Å². The molecule has 4 heteroatoms. The SMILES string of the molecule is Nc1ccc(Cl)cc1C#Cc1cc(Br)ccc1N. The van der Waals surface area contributed by atoms with E-state index in [0.717, 1.165) is 10.0 Å². The molecule has 0 amide bonds. The first kappa shape index (κ1) is 12.8. The smallest absolute Gasteiger partial charge is 0.0493 e. The summed E-state index contributed by atoms with van der Waals surface area (Å²) in [5, 5.41) is 0.607. The predicted molar refractivity (Wildman–Crippen MR) is 80.4 cm³/mol. The maximum atomic E-state index is 5.90. The molecule has 2 aromatic carbocycles. The van der Waals surface area contributed by atoms with E-state index in [-0.39, 0.29) is 0 Å². The van der Waals surface area contributed by atoms with Crippen LogP contribution in [-0.2, 0) is 0 Å². The zero-order chi connectivity index (χ0) is 13.1. The molecule has 0 radical (unpaired) electrons. The van der Waals surface area contributed by atoms with Crippen LogP contribution in [0.1, 0.15) is 11.1 Å². The molecule has 0 bridgehead atoms. The highest BCUT2D eigenvalue weighted by atomic mass is 79.9. The van der Waals surface area contributed by atoms with Gasteiger partial charge in [0, 0.05) is 32.0 Å². The molecule has 0 heterocycles. The Bertz CT molecular complexity index is 601. The number of benzene rings is 2. The predicted octanol–water partition coefficient (Wildman–Crippen LogP) is 3.67. The maximum Gasteiger partial charge on any atom is 0.0493 e. The average molecular weight is 322 g/mol. The van der Waals surface area contributed by atoms with Crippen LogP contribution >= 0.6 is 27.5 Å². The van der Waals surface area contributed by atoms with Gasteiger partial charge < -0.3 is 11.5 Å². The van der Waals surface area contributed by atoms with Crippen LogP contribution < -0.4 is 11.5 Å². The number of hydrogen-bond donors (Lipinski definition) is 2. The monoisotopic (exact) mass is 320 g/mol. The summed E-state index contributed by atoms with van der Waals surface area (Å²) in [4.78, 5) is 0. The van der Waals surface area contributed by atoms with Gasteiger partial charge in [-0.1, -0.05) is 39.4 Å². The molecule has 0 saturated heterocycles. The quantitative estimate of drug-likeness (QED) is 0.574. The molecule has 90 valence electrons. The van der Waals surface area contributed by atoms with Crippen LogP contribution in [0.2, 0.25) is 5.02 Å². The van der Waals surface area contributed by atoms with Gasteiger partial charge in [-0.25, -0.2) is 0 Å². The van der Waals surface area contributed by atoms with Gasteiger partial charge in [-0.2, -0.15) is 0 Å². The Balaban J connectivity index is 2.42. The number of halogens is 2. The molecule has 0 aliphatic heterocycles. The van der Waals surface area contributed by atoms with Gasteiger partial charge >= 0.3 is 0 Å². The van der Waals surface area contributed by atoms with E-state index in [0.29, 0.717) is 22.0 Å². The summed E-state index contributed by atoms with van der Waals surface area (Å²) < 4.78 is 0.931. The Morgan fingerprint density at radius 3 is 2.11 bits per heavy atom. The molecule has 2 nitrogen and oxygen atoms in total. The summed E-state index contributed by atoms with van der Waals surface area (Å²) in [5.74, 6) is 5.97. The Kier molecular flexibility index (Phi) is 3.81. The van der Waals surface area contributed by atoms with E-state index in [1.54, 1.807) is 24.3 Å². The lowest BCUT2D eigenvalue weighted by Gasteiger charge is -2.00. The van der Waals surface area contributed by atoms with Crippen molar-refractivity contribution < 1.29 is 0 Å². The minimum absolute atomic E-state index is 0.598. The summed E-state index contributed by atoms with van der Waals surface area (Å²) in [6, 6.07) is 10.7. The van der Waals surface area contributed by atoms with Crippen LogP contribution in [0.3, 0.4) is 0 Å². The molecular formula is C14H10BrClN2. The Hall–Kier alpha value is -1.63. The van der Waals surface area contributed by atoms with Crippen molar-refractivity contribution in [3.8, 4) is 11.8 Å². The van der Waals surface area contributed by atoms with Crippen molar-refractivity contribution in [2.75, 3.05) is 11.5 Å². The second kappa shape index (κ2) is 5.34. The van der Waals surface area contributed by atoms with E-state index >= 15 is 0 Å². The van der Waals surface area contributed by atoms with Crippen LogP contribution in [0.25, 0.3) is 0 Å². The standard InChI is InChI=1S/C14H10BrClN2/c15-11-3-5-13(17)9(7-11)1-2-10-8-12(16)4-6-14(10)18/h3-8H,17-18H2. The van der Waals surface area contributed by atoms with Crippen molar-refractivity contribution in [2.45, 2.75) is 0 Å². The molecule has 18 heavy (non-hydrogen) atoms. The van der Waals surface area contributed by atoms with Gasteiger partial charge in [0.05, 0.1) is 0 Å². The van der Waals surface area contributed by atoms with Gasteiger partial charge in [-0.15, -0.1) is 0 Å². The second-order valence-corrected chi connectivity index (χ2v) is 5.07. The zero-order valence-corrected chi connectivity index (χ0v) is 11.7. The first-order valence-corrected chi connectivity index (χ1v) is 6.35. The highest BCUT2D eigenvalue weighted by molar-refractivity contribution is 9.10. The summed E-state index contributed by atoms with van der Waals surface area (Å²) in [7, 11) is 0. The molecule has 0 fully saturated rings. The number of nitrogen functional groups attached to an aromatic ring is 2. The summed E-state index contributed by atoms with van der Waals surface area (Å²) >= 11 is 9.28. The fourth-order valence-electron chi connectivity index (χ4n) is 1.41. The largest absolute Gasteiger partial charge is 0.398 e. The third kappa shape index (κ3) is 2.98. The Labute approximate surface area is 119 Å². The molecule has 4 N–H and O–H groups in total. The van der Waals surface area contributed by atoms with E-state index in [4.69, 9.17) is 23.1 Å². The van der Waals surface area contributed by atoms with E-state index < -0.39 is 0 Å². The first-order valence-electron chi connectivity index (χ1n) is 5.18. The third-order valence-electron chi connectivity index (χ3n) is 2.36. The van der Waals surface area contributed by atoms with Crippen molar-refractivity contribution in [1.29, 1.82) is 0 Å². The molecule has 2 aromatic rings. The van der Waals surface area contributed by atoms with E-state index in [1.165, 1.54) is 0 Å². The van der Waals surface area contributed by atoms with E-state index in [9.17, 15) is 0 Å². The Morgan fingerprint density at radius 1 is 0.889 bits per heavy atom. The molecule has 0 saturated carbocycles. The summed E-state index contributed by atoms with van der Waals surface area (Å²) in [6.45, 7) is 0. The maximum absolute atomic E-state index is 5.90. The van der Waals surface area contributed by atoms with Crippen LogP contribution in [0.15, 0.2) is 40.9 Å². The normalized spacial score (nSPS) is 9.67. The average Bonchev–Trinajstić information content (AvgIpc) is 2.34. The number of rotatable bonds is 0. The van der Waals surface area contributed by atoms with Crippen LogP contribution in [0.4, 0.5) is 11.4 Å². The van der Waals surface area contributed by atoms with Gasteiger partial charge in [0.2, 0.25) is 0 Å². The van der Waals surface area contributed by atoms with Crippen LogP contribution in [-0.4, -0.2) is 0 Å². The minimum Gasteiger partial charge on any atom is -0.398 e. The van der Waals surface area contributed by atoms with Crippen molar-refractivity contribution in [3.63, 3.8) is 0 Å². The first-order chi connectivity index (χ1) is 8.56. The fourth-order valence-corrected chi connectivity index (χ4v) is 1.94. The van der Waals surface area contributed by atoms with E-state index in [2.05, 4.69) is 27.8 Å². The molecule has 0 unspecified atom stereocenters. The number of anilines is 2. The zero-order valence-electron chi connectivity index (χ0n) is 9.37. The number of hydrogen-bond acceptors (Lipinski definition) is 2. The highest BCUT2D eigenvalue weighted by Crippen LogP contribution is 2.19. The molecule has 0 spiro atoms. The van der Waals surface area contributed by atoms with Crippen molar-refractivity contribution >= 4 is 38.9 Å². The molecular weight excluding hydrogens is 312 g/mol. The molecule has 0 aromatic heterocycles. The summed E-state index contributed by atoms with van der Waals surface area (Å²) in [5.41, 5.74) is 14.3. The lowest BCUT2D eigenvalue weighted by Crippen LogP contribution is -1.91. The van der Waals surface area contributed by atoms with Crippen LogP contribution in [0.5, 0.6) is 0 Å². The lowest BCUT2D eigenvalue weighted by molar-refractivity contribution is 1.58. The second-order valence-electron chi connectivity index (χ2n) is 3.71. The number of nitrogens with two attached hydrogens (primary N) is 2. The van der Waals surface area contributed by atoms with Crippen molar-refractivity contribution in [3.05, 3.63) is 57.0 Å². The molecule has 0 aliphatic carbocycles. The van der Waals surface area contributed by atoms with Gasteiger partial charge in [-0.3, -0.25) is 0 Å². The molecule has 0 aliphatic rings. The third-order valence-corrected chi connectivity index (χ3v) is 3.09. The highest BCUT2D eigenvalue weighted by Gasteiger charge is 1.98. The minimum atomic E-state index is 0.598. The van der Waals surface area contributed by atoms with Crippen LogP contribution in [0, 0.1) is 11.8 Å². The summed E-state index contributed by atoms with van der Waals surface area (Å²) in [6.07, 6.45) is 0. The van der Waals surface area contributed by atoms with Crippen molar-refractivity contribution in [1.82, 2.24) is 0 Å². The van der Waals surface area contributed by atoms with Gasteiger partial charge in [0.15, 0.2) is 0 Å². The Morgan fingerprint density at radius 2 is 1.44 bits per heavy atom. The van der Waals surface area contributed by atoms with E-state index in [1.807, 2.05) is 12.1 Å². The fraction of sp³-hybridized carbons (Fsp3) is 0. The lowest BCUT2D eigenvalue weighted by atomic mass is 10.1. The van der Waals surface area contributed by atoms with Gasteiger partial charge in [-0.05, 0) is 36.4 Å². The molecule has 2 rings (SSSR count). The molecule has 0 atom stereocenters. The van der Waals surface area contributed by atoms with Gasteiger partial charge in [0.1, 0.15) is 0 Å². The van der Waals surface area contributed by atoms with Crippen molar-refractivity contribution in [2.24, 2.45) is 0 Å².